The molecule has 5 aromatic rings. The van der Waals surface area contributed by atoms with E-state index in [0.717, 1.165) is 6.04 Å². The largest absolute Gasteiger partial charge is 0.444 e. The molecule has 0 unspecified atom stereocenters. The monoisotopic (exact) mass is 768 g/mol. The average Bonchev–Trinajstić information content (AvgIpc) is 3.81. The van der Waals surface area contributed by atoms with Crippen LogP contribution in [-0.4, -0.2) is 105 Å². The van der Waals surface area contributed by atoms with Gasteiger partial charge in [0.25, 0.3) is 11.8 Å². The average molecular weight is 769 g/mol. The summed E-state index contributed by atoms with van der Waals surface area (Å²) >= 11 is 1.19. The summed E-state index contributed by atoms with van der Waals surface area (Å²) in [6.07, 6.45) is 5.73. The molecule has 1 aliphatic rings. The number of nitrogens with one attached hydrogen (secondary N) is 1. The third kappa shape index (κ3) is 9.17. The van der Waals surface area contributed by atoms with Crippen molar-refractivity contribution in [2.24, 2.45) is 0 Å². The molecule has 0 radical (unpaired) electrons. The SMILES string of the molecule is CC(C)(C)OC(=O)N1CCN(C(=O)c2cc3cc(OC(F)F)c(-c4nn(COCC[Si](C)(C)C)cc4NC(=O)c4cnn5cccnc45)cc3s2)CC1. The number of hydrogen-bond acceptors (Lipinski definition) is 10. The number of anilines is 1. The highest BCUT2D eigenvalue weighted by Gasteiger charge is 2.30. The van der Waals surface area contributed by atoms with Gasteiger partial charge >= 0.3 is 12.7 Å². The zero-order chi connectivity index (χ0) is 38.1. The van der Waals surface area contributed by atoms with E-state index in [1.807, 2.05) is 0 Å². The summed E-state index contributed by atoms with van der Waals surface area (Å²) in [5.41, 5.74) is 0.452. The predicted molar refractivity (Wildman–Crippen MR) is 198 cm³/mol. The number of amides is 3. The Hall–Kier alpha value is -4.94. The highest BCUT2D eigenvalue weighted by Crippen LogP contribution is 2.41. The Bertz CT molecular complexity index is 2130. The number of rotatable bonds is 11. The molecule has 5 heterocycles. The van der Waals surface area contributed by atoms with E-state index in [4.69, 9.17) is 14.2 Å². The standard InChI is InChI=1S/C35H42F2N8O6SSi/c1-35(2,3)51-34(48)43-12-10-42(11-13-43)32(47)28-17-22-16-26(50-33(36)37)23(18-27(22)52-28)29-25(20-44(41-29)21-49-14-15-53(4,5)6)40-31(46)24-19-39-45-9-7-8-38-30(24)45/h7-9,16-20,33H,10-15,21H2,1-6H3,(H,40,46). The molecule has 1 N–H and O–H groups in total. The summed E-state index contributed by atoms with van der Waals surface area (Å²) in [5, 5.41) is 12.2. The molecule has 1 aromatic carbocycles. The Morgan fingerprint density at radius 1 is 1.06 bits per heavy atom. The lowest BCUT2D eigenvalue weighted by Gasteiger charge is -2.35. The molecule has 0 saturated carbocycles. The summed E-state index contributed by atoms with van der Waals surface area (Å²) in [7, 11) is -1.37. The molecule has 1 saturated heterocycles. The summed E-state index contributed by atoms with van der Waals surface area (Å²) in [6, 6.07) is 7.31. The van der Waals surface area contributed by atoms with Crippen molar-refractivity contribution in [3.05, 3.63) is 59.5 Å². The third-order valence-corrected chi connectivity index (χ3v) is 11.1. The zero-order valence-corrected chi connectivity index (χ0v) is 32.2. The highest BCUT2D eigenvalue weighted by molar-refractivity contribution is 7.20. The molecule has 18 heteroatoms. The van der Waals surface area contributed by atoms with Crippen LogP contribution in [0, 0.1) is 0 Å². The molecule has 4 aromatic heterocycles. The number of ether oxygens (including phenoxy) is 3. The van der Waals surface area contributed by atoms with Crippen LogP contribution in [0.2, 0.25) is 25.7 Å². The van der Waals surface area contributed by atoms with Gasteiger partial charge < -0.3 is 29.3 Å². The van der Waals surface area contributed by atoms with Crippen LogP contribution in [0.25, 0.3) is 27.0 Å². The van der Waals surface area contributed by atoms with E-state index >= 15 is 0 Å². The van der Waals surface area contributed by atoms with E-state index in [1.165, 1.54) is 32.8 Å². The number of thiophene rings is 1. The third-order valence-electron chi connectivity index (χ3n) is 8.27. The second-order valence-electron chi connectivity index (χ2n) is 14.8. The highest BCUT2D eigenvalue weighted by atomic mass is 32.1. The summed E-state index contributed by atoms with van der Waals surface area (Å²) in [5.74, 6) is -0.969. The van der Waals surface area contributed by atoms with Crippen molar-refractivity contribution in [1.29, 1.82) is 0 Å². The lowest BCUT2D eigenvalue weighted by molar-refractivity contribution is -0.0493. The molecule has 53 heavy (non-hydrogen) atoms. The number of alkyl halides is 2. The van der Waals surface area contributed by atoms with Crippen molar-refractivity contribution < 1.29 is 37.4 Å². The van der Waals surface area contributed by atoms with Crippen molar-refractivity contribution in [2.45, 2.75) is 65.4 Å². The molecule has 1 aliphatic heterocycles. The van der Waals surface area contributed by atoms with Crippen LogP contribution >= 0.6 is 11.3 Å². The van der Waals surface area contributed by atoms with Crippen LogP contribution in [-0.2, 0) is 16.2 Å². The molecule has 6 rings (SSSR count). The quantitative estimate of drug-likeness (QED) is 0.115. The number of fused-ring (bicyclic) bond motifs is 2. The van der Waals surface area contributed by atoms with Crippen LogP contribution in [0.4, 0.5) is 19.3 Å². The lowest BCUT2D eigenvalue weighted by atomic mass is 10.1. The fourth-order valence-corrected chi connectivity index (χ4v) is 7.42. The number of carbonyl (C=O) groups excluding carboxylic acids is 3. The topological polar surface area (TPSA) is 145 Å². The Morgan fingerprint density at radius 2 is 1.79 bits per heavy atom. The second kappa shape index (κ2) is 15.2. The van der Waals surface area contributed by atoms with Gasteiger partial charge in [-0.2, -0.15) is 19.0 Å². The molecule has 282 valence electrons. The van der Waals surface area contributed by atoms with Crippen LogP contribution < -0.4 is 10.1 Å². The minimum absolute atomic E-state index is 0.0533. The van der Waals surface area contributed by atoms with Crippen molar-refractivity contribution in [3.8, 4) is 17.0 Å². The second-order valence-corrected chi connectivity index (χ2v) is 21.5. The Kier molecular flexibility index (Phi) is 10.8. The molecular weight excluding hydrogens is 727 g/mol. The maximum atomic E-state index is 13.9. The van der Waals surface area contributed by atoms with Gasteiger partial charge in [-0.05, 0) is 56.5 Å². The first-order chi connectivity index (χ1) is 25.0. The van der Waals surface area contributed by atoms with E-state index in [9.17, 15) is 23.2 Å². The predicted octanol–water partition coefficient (Wildman–Crippen LogP) is 6.67. The number of piperazine rings is 1. The van der Waals surface area contributed by atoms with Crippen LogP contribution in [0.15, 0.2) is 49.1 Å². The molecule has 0 atom stereocenters. The summed E-state index contributed by atoms with van der Waals surface area (Å²) < 4.78 is 47.7. The number of hydrogen-bond donors (Lipinski definition) is 1. The zero-order valence-electron chi connectivity index (χ0n) is 30.4. The molecule has 0 aliphatic carbocycles. The Balaban J connectivity index is 1.30. The van der Waals surface area contributed by atoms with Crippen molar-refractivity contribution in [3.63, 3.8) is 0 Å². The normalized spacial score (nSPS) is 14.0. The number of carbonyl (C=O) groups is 3. The van der Waals surface area contributed by atoms with Gasteiger partial charge in [0.1, 0.15) is 29.3 Å². The van der Waals surface area contributed by atoms with E-state index in [-0.39, 0.29) is 40.9 Å². The van der Waals surface area contributed by atoms with Crippen molar-refractivity contribution in [2.75, 3.05) is 38.1 Å². The fourth-order valence-electron chi connectivity index (χ4n) is 5.62. The van der Waals surface area contributed by atoms with Gasteiger partial charge in [0.2, 0.25) is 0 Å². The lowest BCUT2D eigenvalue weighted by Crippen LogP contribution is -2.51. The van der Waals surface area contributed by atoms with Gasteiger partial charge in [0, 0.05) is 63.5 Å². The summed E-state index contributed by atoms with van der Waals surface area (Å²) in [4.78, 5) is 47.6. The smallest absolute Gasteiger partial charge is 0.410 e. The molecule has 0 spiro atoms. The number of nitrogens with zero attached hydrogens (tertiary/aromatic N) is 7. The van der Waals surface area contributed by atoms with Gasteiger partial charge in [-0.1, -0.05) is 19.6 Å². The maximum absolute atomic E-state index is 13.9. The first-order valence-corrected chi connectivity index (χ1v) is 21.6. The van der Waals surface area contributed by atoms with Crippen LogP contribution in [0.1, 0.15) is 40.8 Å². The number of halogens is 2. The fraction of sp³-hybridized carbons (Fsp3) is 0.429. The van der Waals surface area contributed by atoms with Crippen LogP contribution in [0.3, 0.4) is 0 Å². The molecule has 14 nitrogen and oxygen atoms in total. The minimum atomic E-state index is -3.16. The van der Waals surface area contributed by atoms with Gasteiger partial charge in [0.05, 0.1) is 23.0 Å². The molecule has 0 bridgehead atoms. The molecule has 3 amide bonds. The minimum Gasteiger partial charge on any atom is -0.444 e. The van der Waals surface area contributed by atoms with E-state index in [0.29, 0.717) is 53.4 Å². The van der Waals surface area contributed by atoms with Gasteiger partial charge in [-0.25, -0.2) is 19.0 Å². The Morgan fingerprint density at radius 3 is 2.49 bits per heavy atom. The first-order valence-electron chi connectivity index (χ1n) is 17.1. The molecule has 1 fully saturated rings. The Labute approximate surface area is 309 Å². The van der Waals surface area contributed by atoms with Gasteiger partial charge in [0.15, 0.2) is 5.65 Å². The summed E-state index contributed by atoms with van der Waals surface area (Å²) in [6.45, 7) is 10.7. The first kappa shape index (κ1) is 37.8. The van der Waals surface area contributed by atoms with Crippen molar-refractivity contribution >= 4 is 58.7 Å². The van der Waals surface area contributed by atoms with E-state index in [1.54, 1.807) is 67.4 Å². The van der Waals surface area contributed by atoms with E-state index in [2.05, 4.69) is 40.1 Å². The maximum Gasteiger partial charge on any atom is 0.410 e. The van der Waals surface area contributed by atoms with Gasteiger partial charge in [-0.15, -0.1) is 11.3 Å². The van der Waals surface area contributed by atoms with Crippen molar-refractivity contribution in [1.82, 2.24) is 34.2 Å². The number of benzene rings is 1. The number of aromatic nitrogens is 5. The van der Waals surface area contributed by atoms with E-state index < -0.39 is 32.3 Å². The molecular formula is C35H42F2N8O6SSi. The van der Waals surface area contributed by atoms with Crippen LogP contribution in [0.5, 0.6) is 5.75 Å². The van der Waals surface area contributed by atoms with Gasteiger partial charge in [-0.3, -0.25) is 9.59 Å².